The Balaban J connectivity index is 1.34. The first kappa shape index (κ1) is 19.7. The normalized spacial score (nSPS) is 19.0. The second kappa shape index (κ2) is 8.42. The largest absolute Gasteiger partial charge is 0.444 e. The summed E-state index contributed by atoms with van der Waals surface area (Å²) in [5.41, 5.74) is 1.75. The highest BCUT2D eigenvalue weighted by molar-refractivity contribution is 7.18. The van der Waals surface area contributed by atoms with Crippen LogP contribution in [0, 0.1) is 0 Å². The summed E-state index contributed by atoms with van der Waals surface area (Å²) >= 11 is 7.15. The lowest BCUT2D eigenvalue weighted by molar-refractivity contribution is 0.0943. The number of carbonyl (C=O) groups is 2. The molecule has 1 atom stereocenters. The highest BCUT2D eigenvalue weighted by Gasteiger charge is 2.32. The fraction of sp³-hybridized carbons (Fsp3) is 0.350. The van der Waals surface area contributed by atoms with E-state index in [0.717, 1.165) is 24.5 Å². The number of ether oxygens (including phenoxy) is 1. The van der Waals surface area contributed by atoms with E-state index < -0.39 is 0 Å². The Labute approximate surface area is 178 Å². The Kier molecular flexibility index (Phi) is 5.73. The summed E-state index contributed by atoms with van der Waals surface area (Å²) in [7, 11) is 1.99. The molecule has 7 nitrogen and oxygen atoms in total. The molecular formula is C20H21ClN4O3S. The number of amides is 1. The van der Waals surface area contributed by atoms with Gasteiger partial charge in [0.25, 0.3) is 0 Å². The van der Waals surface area contributed by atoms with Crippen molar-refractivity contribution in [3.8, 4) is 0 Å². The maximum absolute atomic E-state index is 12.3. The molecule has 0 N–H and O–H groups in total. The number of halogens is 1. The number of benzene rings is 1. The number of Topliss-reactive ketones (excluding diaryl/α,β-unsaturated/α-hetero) is 1. The van der Waals surface area contributed by atoms with Crippen molar-refractivity contribution in [2.24, 2.45) is 5.10 Å². The second-order valence-electron chi connectivity index (χ2n) is 7.03. The molecule has 1 saturated heterocycles. The Hall–Kier alpha value is -2.58. The summed E-state index contributed by atoms with van der Waals surface area (Å²) in [6.07, 6.45) is 1.93. The van der Waals surface area contributed by atoms with Gasteiger partial charge in [0, 0.05) is 25.7 Å². The lowest BCUT2D eigenvalue weighted by Gasteiger charge is -2.27. The van der Waals surface area contributed by atoms with Crippen LogP contribution in [0.2, 0.25) is 4.34 Å². The molecule has 0 unspecified atom stereocenters. The second-order valence-corrected chi connectivity index (χ2v) is 8.75. The molecule has 0 aliphatic carbocycles. The first-order valence-corrected chi connectivity index (χ1v) is 10.6. The third kappa shape index (κ3) is 4.54. The molecule has 0 radical (unpaired) electrons. The van der Waals surface area contributed by atoms with Crippen LogP contribution in [-0.4, -0.2) is 55.9 Å². The monoisotopic (exact) mass is 432 g/mol. The van der Waals surface area contributed by atoms with Gasteiger partial charge in [0.15, 0.2) is 5.78 Å². The number of hydrogen-bond acceptors (Lipinski definition) is 7. The fourth-order valence-corrected chi connectivity index (χ4v) is 4.29. The summed E-state index contributed by atoms with van der Waals surface area (Å²) in [6.45, 7) is 2.15. The molecular weight excluding hydrogens is 412 g/mol. The molecule has 1 fully saturated rings. The Morgan fingerprint density at radius 2 is 1.97 bits per heavy atom. The number of cyclic esters (lactones) is 1. The van der Waals surface area contributed by atoms with Crippen molar-refractivity contribution < 1.29 is 14.3 Å². The number of thiophene rings is 1. The summed E-state index contributed by atoms with van der Waals surface area (Å²) in [6, 6.07) is 11.1. The number of nitrogens with zero attached hydrogens (tertiary/aromatic N) is 4. The van der Waals surface area contributed by atoms with E-state index in [-0.39, 0.29) is 18.0 Å². The molecule has 1 aromatic heterocycles. The fourth-order valence-electron chi connectivity index (χ4n) is 3.28. The number of rotatable bonds is 6. The quantitative estimate of drug-likeness (QED) is 0.643. The Morgan fingerprint density at radius 1 is 1.21 bits per heavy atom. The first-order valence-electron chi connectivity index (χ1n) is 9.38. The zero-order valence-corrected chi connectivity index (χ0v) is 17.5. The van der Waals surface area contributed by atoms with Crippen molar-refractivity contribution in [2.75, 3.05) is 36.6 Å². The standard InChI is InChI=1S/C20H21ClN4O3S/c1-23-10-11-25(22-13-23)15-4-2-14(3-5-15)24-12-16(28-20(24)27)6-7-17(26)18-8-9-19(21)29-18/h2-5,8-9,13,16H,6-7,10-12H2,1H3/t16-/m0/s1. The Bertz CT molecular complexity index is 930. The van der Waals surface area contributed by atoms with E-state index in [1.165, 1.54) is 11.3 Å². The number of hydrazone groups is 1. The van der Waals surface area contributed by atoms with E-state index in [1.54, 1.807) is 23.4 Å². The zero-order chi connectivity index (χ0) is 20.4. The SMILES string of the molecule is CN1C=NN(c2ccc(N3C[C@H](CCC(=O)c4ccc(Cl)s4)OC3=O)cc2)CC1. The van der Waals surface area contributed by atoms with Crippen molar-refractivity contribution in [1.29, 1.82) is 0 Å². The zero-order valence-electron chi connectivity index (χ0n) is 16.0. The van der Waals surface area contributed by atoms with Gasteiger partial charge in [-0.2, -0.15) is 5.10 Å². The van der Waals surface area contributed by atoms with Gasteiger partial charge in [0.05, 0.1) is 28.0 Å². The van der Waals surface area contributed by atoms with Gasteiger partial charge in [0.2, 0.25) is 0 Å². The van der Waals surface area contributed by atoms with Crippen LogP contribution < -0.4 is 9.91 Å². The van der Waals surface area contributed by atoms with Crippen molar-refractivity contribution in [3.63, 3.8) is 0 Å². The summed E-state index contributed by atoms with van der Waals surface area (Å²) in [4.78, 5) is 28.8. The maximum Gasteiger partial charge on any atom is 0.414 e. The third-order valence-corrected chi connectivity index (χ3v) is 6.20. The highest BCUT2D eigenvalue weighted by atomic mass is 35.5. The van der Waals surface area contributed by atoms with Crippen molar-refractivity contribution in [3.05, 3.63) is 45.6 Å². The molecule has 2 aliphatic heterocycles. The van der Waals surface area contributed by atoms with E-state index in [1.807, 2.05) is 41.2 Å². The minimum atomic E-state index is -0.382. The first-order chi connectivity index (χ1) is 14.0. The summed E-state index contributed by atoms with van der Waals surface area (Å²) in [5.74, 6) is 0.0217. The summed E-state index contributed by atoms with van der Waals surface area (Å²) < 4.78 is 6.05. The van der Waals surface area contributed by atoms with Gasteiger partial charge in [-0.25, -0.2) is 4.79 Å². The van der Waals surface area contributed by atoms with E-state index in [2.05, 4.69) is 5.10 Å². The predicted molar refractivity (Wildman–Crippen MR) is 115 cm³/mol. The van der Waals surface area contributed by atoms with Gasteiger partial charge >= 0.3 is 6.09 Å². The lowest BCUT2D eigenvalue weighted by Crippen LogP contribution is -2.35. The average Bonchev–Trinajstić information content (AvgIpc) is 3.32. The van der Waals surface area contributed by atoms with Crippen LogP contribution >= 0.6 is 22.9 Å². The minimum absolute atomic E-state index is 0.0217. The van der Waals surface area contributed by atoms with Crippen molar-refractivity contribution in [1.82, 2.24) is 4.90 Å². The molecule has 1 aromatic carbocycles. The number of likely N-dealkylation sites (N-methyl/N-ethyl adjacent to an activating group) is 1. The van der Waals surface area contributed by atoms with E-state index >= 15 is 0 Å². The molecule has 152 valence electrons. The Morgan fingerprint density at radius 3 is 2.62 bits per heavy atom. The minimum Gasteiger partial charge on any atom is -0.444 e. The van der Waals surface area contributed by atoms with Crippen LogP contribution in [0.4, 0.5) is 16.2 Å². The highest BCUT2D eigenvalue weighted by Crippen LogP contribution is 2.28. The molecule has 4 rings (SSSR count). The maximum atomic E-state index is 12.3. The molecule has 29 heavy (non-hydrogen) atoms. The van der Waals surface area contributed by atoms with Crippen LogP contribution in [0.25, 0.3) is 0 Å². The van der Waals surface area contributed by atoms with E-state index in [9.17, 15) is 9.59 Å². The van der Waals surface area contributed by atoms with Gasteiger partial charge in [-0.15, -0.1) is 11.3 Å². The molecule has 0 bridgehead atoms. The molecule has 3 heterocycles. The number of carbonyl (C=O) groups excluding carboxylic acids is 2. The van der Waals surface area contributed by atoms with Crippen molar-refractivity contribution >= 4 is 52.5 Å². The lowest BCUT2D eigenvalue weighted by atomic mass is 10.1. The molecule has 2 aromatic rings. The van der Waals surface area contributed by atoms with Gasteiger partial charge in [0.1, 0.15) is 12.4 Å². The molecule has 0 spiro atoms. The predicted octanol–water partition coefficient (Wildman–Crippen LogP) is 4.08. The topological polar surface area (TPSA) is 65.4 Å². The number of hydrogen-bond donors (Lipinski definition) is 0. The third-order valence-electron chi connectivity index (χ3n) is 4.93. The van der Waals surface area contributed by atoms with Crippen LogP contribution in [0.5, 0.6) is 0 Å². The van der Waals surface area contributed by atoms with Crippen LogP contribution in [0.15, 0.2) is 41.5 Å². The van der Waals surface area contributed by atoms with Gasteiger partial charge < -0.3 is 9.64 Å². The van der Waals surface area contributed by atoms with Gasteiger partial charge in [-0.1, -0.05) is 11.6 Å². The van der Waals surface area contributed by atoms with Crippen molar-refractivity contribution in [2.45, 2.75) is 18.9 Å². The summed E-state index contributed by atoms with van der Waals surface area (Å²) in [5, 5.41) is 6.32. The van der Waals surface area contributed by atoms with E-state index in [4.69, 9.17) is 16.3 Å². The van der Waals surface area contributed by atoms with Crippen LogP contribution in [0.1, 0.15) is 22.5 Å². The van der Waals surface area contributed by atoms with Gasteiger partial charge in [-0.05, 0) is 42.8 Å². The number of ketones is 1. The number of anilines is 2. The molecule has 1 amide bonds. The average molecular weight is 433 g/mol. The van der Waals surface area contributed by atoms with Crippen LogP contribution in [0.3, 0.4) is 0 Å². The van der Waals surface area contributed by atoms with Crippen LogP contribution in [-0.2, 0) is 4.74 Å². The van der Waals surface area contributed by atoms with E-state index in [0.29, 0.717) is 28.6 Å². The molecule has 2 aliphatic rings. The van der Waals surface area contributed by atoms with Gasteiger partial charge in [-0.3, -0.25) is 14.7 Å². The molecule has 0 saturated carbocycles. The smallest absolute Gasteiger partial charge is 0.414 e. The molecule has 9 heteroatoms.